The number of carbonyl (C=O) groups is 1. The maximum Gasteiger partial charge on any atom is 0.246 e. The van der Waals surface area contributed by atoms with Crippen molar-refractivity contribution in [3.63, 3.8) is 0 Å². The lowest BCUT2D eigenvalue weighted by Crippen LogP contribution is -2.47. The molecule has 0 heterocycles. The van der Waals surface area contributed by atoms with E-state index >= 15 is 0 Å². The van der Waals surface area contributed by atoms with Crippen LogP contribution in [-0.2, 0) is 4.79 Å². The van der Waals surface area contributed by atoms with E-state index in [1.165, 1.54) is 0 Å². The first-order valence-electron chi connectivity index (χ1n) is 7.27. The van der Waals surface area contributed by atoms with Crippen LogP contribution in [0.3, 0.4) is 0 Å². The SMILES string of the molecule is C#Cc1cccc(NC(=O)CN=C(NCC)NC(C)(C)C)c1. The first kappa shape index (κ1) is 17.6. The second kappa shape index (κ2) is 8.08. The Balaban J connectivity index is 2.65. The molecule has 0 fully saturated rings. The van der Waals surface area contributed by atoms with Crippen molar-refractivity contribution in [2.75, 3.05) is 18.4 Å². The third-order valence-corrected chi connectivity index (χ3v) is 2.53. The molecule has 1 aromatic carbocycles. The highest BCUT2D eigenvalue weighted by molar-refractivity contribution is 5.94. The molecule has 0 aliphatic rings. The molecule has 0 saturated carbocycles. The number of benzene rings is 1. The summed E-state index contributed by atoms with van der Waals surface area (Å²) in [5.41, 5.74) is 1.27. The van der Waals surface area contributed by atoms with Crippen LogP contribution in [0.1, 0.15) is 33.3 Å². The number of hydrogen-bond acceptors (Lipinski definition) is 2. The molecule has 1 rings (SSSR count). The highest BCUT2D eigenvalue weighted by Crippen LogP contribution is 2.09. The molecular weight excluding hydrogens is 276 g/mol. The van der Waals surface area contributed by atoms with E-state index in [9.17, 15) is 4.79 Å². The van der Waals surface area contributed by atoms with Crippen molar-refractivity contribution in [2.24, 2.45) is 4.99 Å². The number of rotatable bonds is 4. The van der Waals surface area contributed by atoms with E-state index in [1.807, 2.05) is 33.8 Å². The van der Waals surface area contributed by atoms with E-state index < -0.39 is 0 Å². The standard InChI is InChI=1S/C17H24N4O/c1-6-13-9-8-10-14(11-13)20-15(22)12-19-16(18-7-2)21-17(3,4)5/h1,8-11H,7,12H2,2-5H3,(H,20,22)(H2,18,19,21). The Morgan fingerprint density at radius 3 is 2.68 bits per heavy atom. The molecule has 1 amide bonds. The van der Waals surface area contributed by atoms with Gasteiger partial charge in [-0.25, -0.2) is 4.99 Å². The van der Waals surface area contributed by atoms with Gasteiger partial charge in [-0.15, -0.1) is 6.42 Å². The van der Waals surface area contributed by atoms with Crippen LogP contribution in [0.4, 0.5) is 5.69 Å². The normalized spacial score (nSPS) is 11.5. The van der Waals surface area contributed by atoms with Gasteiger partial charge in [0, 0.05) is 23.3 Å². The van der Waals surface area contributed by atoms with Gasteiger partial charge in [-0.3, -0.25) is 4.79 Å². The van der Waals surface area contributed by atoms with Crippen molar-refractivity contribution < 1.29 is 4.79 Å². The van der Waals surface area contributed by atoms with Crippen LogP contribution in [-0.4, -0.2) is 30.5 Å². The number of carbonyl (C=O) groups excluding carboxylic acids is 1. The fraction of sp³-hybridized carbons (Fsp3) is 0.412. The van der Waals surface area contributed by atoms with Crippen LogP contribution in [0.2, 0.25) is 0 Å². The number of terminal acetylenes is 1. The summed E-state index contributed by atoms with van der Waals surface area (Å²) in [5, 5.41) is 9.12. The largest absolute Gasteiger partial charge is 0.357 e. The Hall–Kier alpha value is -2.48. The quantitative estimate of drug-likeness (QED) is 0.452. The molecule has 5 nitrogen and oxygen atoms in total. The molecule has 0 aliphatic heterocycles. The van der Waals surface area contributed by atoms with Gasteiger partial charge in [-0.2, -0.15) is 0 Å². The molecule has 0 unspecified atom stereocenters. The first-order valence-corrected chi connectivity index (χ1v) is 7.27. The van der Waals surface area contributed by atoms with Crippen molar-refractivity contribution in [1.29, 1.82) is 0 Å². The van der Waals surface area contributed by atoms with Crippen molar-refractivity contribution in [3.05, 3.63) is 29.8 Å². The van der Waals surface area contributed by atoms with Gasteiger partial charge in [-0.1, -0.05) is 12.0 Å². The molecule has 3 N–H and O–H groups in total. The van der Waals surface area contributed by atoms with Crippen LogP contribution in [0.15, 0.2) is 29.3 Å². The van der Waals surface area contributed by atoms with Crippen LogP contribution in [0, 0.1) is 12.3 Å². The minimum absolute atomic E-state index is 0.0334. The fourth-order valence-electron chi connectivity index (χ4n) is 1.70. The second-order valence-electron chi connectivity index (χ2n) is 5.84. The Kier molecular flexibility index (Phi) is 6.46. The molecule has 5 heteroatoms. The first-order chi connectivity index (χ1) is 10.3. The zero-order valence-corrected chi connectivity index (χ0v) is 13.7. The monoisotopic (exact) mass is 300 g/mol. The van der Waals surface area contributed by atoms with Gasteiger partial charge in [0.2, 0.25) is 5.91 Å². The van der Waals surface area contributed by atoms with E-state index in [1.54, 1.807) is 18.2 Å². The maximum atomic E-state index is 12.0. The third-order valence-electron chi connectivity index (χ3n) is 2.53. The lowest BCUT2D eigenvalue weighted by molar-refractivity contribution is -0.114. The van der Waals surface area contributed by atoms with E-state index in [-0.39, 0.29) is 18.0 Å². The van der Waals surface area contributed by atoms with Crippen LogP contribution in [0.5, 0.6) is 0 Å². The molecule has 0 saturated heterocycles. The summed E-state index contributed by atoms with van der Waals surface area (Å²) >= 11 is 0. The number of guanidine groups is 1. The summed E-state index contributed by atoms with van der Waals surface area (Å²) < 4.78 is 0. The van der Waals surface area contributed by atoms with Gasteiger partial charge < -0.3 is 16.0 Å². The molecule has 0 spiro atoms. The number of hydrogen-bond donors (Lipinski definition) is 3. The number of anilines is 1. The highest BCUT2D eigenvalue weighted by Gasteiger charge is 2.12. The summed E-state index contributed by atoms with van der Waals surface area (Å²) in [6, 6.07) is 7.16. The average Bonchev–Trinajstić information content (AvgIpc) is 2.44. The van der Waals surface area contributed by atoms with Crippen LogP contribution in [0.25, 0.3) is 0 Å². The maximum absolute atomic E-state index is 12.0. The predicted octanol–water partition coefficient (Wildman–Crippen LogP) is 1.96. The smallest absolute Gasteiger partial charge is 0.246 e. The molecular formula is C17H24N4O. The summed E-state index contributed by atoms with van der Waals surface area (Å²) in [6.07, 6.45) is 5.34. The number of aliphatic imine (C=N–C) groups is 1. The average molecular weight is 300 g/mol. The van der Waals surface area contributed by atoms with Crippen molar-refractivity contribution >= 4 is 17.6 Å². The van der Waals surface area contributed by atoms with E-state index in [0.29, 0.717) is 11.6 Å². The van der Waals surface area contributed by atoms with Gasteiger partial charge >= 0.3 is 0 Å². The summed E-state index contributed by atoms with van der Waals surface area (Å²) in [6.45, 7) is 8.84. The topological polar surface area (TPSA) is 65.5 Å². The highest BCUT2D eigenvalue weighted by atomic mass is 16.1. The molecule has 0 aliphatic carbocycles. The summed E-state index contributed by atoms with van der Waals surface area (Å²) in [5.74, 6) is 2.95. The Morgan fingerprint density at radius 2 is 2.09 bits per heavy atom. The number of amides is 1. The van der Waals surface area contributed by atoms with Crippen molar-refractivity contribution in [3.8, 4) is 12.3 Å². The van der Waals surface area contributed by atoms with Gasteiger partial charge in [0.05, 0.1) is 0 Å². The second-order valence-corrected chi connectivity index (χ2v) is 5.84. The van der Waals surface area contributed by atoms with E-state index in [0.717, 1.165) is 12.1 Å². The number of nitrogens with one attached hydrogen (secondary N) is 3. The van der Waals surface area contributed by atoms with Crippen LogP contribution < -0.4 is 16.0 Å². The molecule has 0 radical (unpaired) electrons. The molecule has 1 aromatic rings. The Bertz CT molecular complexity index is 579. The van der Waals surface area contributed by atoms with E-state index in [4.69, 9.17) is 6.42 Å². The van der Waals surface area contributed by atoms with Gasteiger partial charge in [0.25, 0.3) is 0 Å². The molecule has 118 valence electrons. The van der Waals surface area contributed by atoms with Gasteiger partial charge in [-0.05, 0) is 45.9 Å². The minimum Gasteiger partial charge on any atom is -0.357 e. The van der Waals surface area contributed by atoms with Crippen molar-refractivity contribution in [1.82, 2.24) is 10.6 Å². The lowest BCUT2D eigenvalue weighted by Gasteiger charge is -2.23. The minimum atomic E-state index is -0.194. The Morgan fingerprint density at radius 1 is 1.36 bits per heavy atom. The Labute approximate surface area is 132 Å². The zero-order valence-electron chi connectivity index (χ0n) is 13.7. The lowest BCUT2D eigenvalue weighted by atomic mass is 10.1. The number of nitrogens with zero attached hydrogens (tertiary/aromatic N) is 1. The summed E-state index contributed by atoms with van der Waals surface area (Å²) in [4.78, 5) is 16.2. The van der Waals surface area contributed by atoms with Gasteiger partial charge in [0.1, 0.15) is 6.54 Å². The summed E-state index contributed by atoms with van der Waals surface area (Å²) in [7, 11) is 0. The fourth-order valence-corrected chi connectivity index (χ4v) is 1.70. The van der Waals surface area contributed by atoms with Crippen molar-refractivity contribution in [2.45, 2.75) is 33.2 Å². The van der Waals surface area contributed by atoms with Crippen LogP contribution >= 0.6 is 0 Å². The van der Waals surface area contributed by atoms with Gasteiger partial charge in [0.15, 0.2) is 5.96 Å². The molecule has 22 heavy (non-hydrogen) atoms. The van der Waals surface area contributed by atoms with E-state index in [2.05, 4.69) is 26.9 Å². The molecule has 0 bridgehead atoms. The molecule has 0 aromatic heterocycles. The third kappa shape index (κ3) is 6.80. The molecule has 0 atom stereocenters. The predicted molar refractivity (Wildman–Crippen MR) is 91.9 cm³/mol. The zero-order chi connectivity index (χ0) is 16.6.